The Hall–Kier alpha value is -1.07. The van der Waals surface area contributed by atoms with Crippen molar-refractivity contribution in [2.45, 2.75) is 33.2 Å². The molecule has 0 saturated carbocycles. The van der Waals surface area contributed by atoms with Crippen molar-refractivity contribution in [2.75, 3.05) is 13.1 Å². The Morgan fingerprint density at radius 1 is 1.44 bits per heavy atom. The summed E-state index contributed by atoms with van der Waals surface area (Å²) in [6.45, 7) is 6.18. The summed E-state index contributed by atoms with van der Waals surface area (Å²) in [6.07, 6.45) is 1.64. The number of rotatable bonds is 5. The van der Waals surface area contributed by atoms with E-state index in [0.717, 1.165) is 42.9 Å². The first kappa shape index (κ1) is 15.0. The highest BCUT2D eigenvalue weighted by Crippen LogP contribution is 2.15. The van der Waals surface area contributed by atoms with Gasteiger partial charge in [-0.3, -0.25) is 4.79 Å². The zero-order valence-electron chi connectivity index (χ0n) is 10.8. The summed E-state index contributed by atoms with van der Waals surface area (Å²) in [6, 6.07) is 0. The van der Waals surface area contributed by atoms with Crippen LogP contribution in [0, 0.1) is 5.92 Å². The monoisotopic (exact) mass is 273 g/mol. The van der Waals surface area contributed by atoms with Crippen LogP contribution in [0.1, 0.15) is 30.9 Å². The second-order valence-electron chi connectivity index (χ2n) is 4.31. The third kappa shape index (κ3) is 3.03. The molecule has 1 aromatic heterocycles. The molecule has 1 aromatic rings. The van der Waals surface area contributed by atoms with E-state index in [0.29, 0.717) is 6.54 Å². The van der Waals surface area contributed by atoms with Gasteiger partial charge in [0.25, 0.3) is 0 Å². The number of aromatic nitrogens is 1. The van der Waals surface area contributed by atoms with E-state index >= 15 is 0 Å². The predicted molar refractivity (Wildman–Crippen MR) is 70.7 cm³/mol. The van der Waals surface area contributed by atoms with Crippen molar-refractivity contribution in [3.63, 3.8) is 0 Å². The van der Waals surface area contributed by atoms with Gasteiger partial charge in [-0.15, -0.1) is 12.4 Å². The highest BCUT2D eigenvalue weighted by Gasteiger charge is 2.25. The first-order chi connectivity index (χ1) is 8.26. The summed E-state index contributed by atoms with van der Waals surface area (Å²) in [7, 11) is 0. The van der Waals surface area contributed by atoms with Crippen LogP contribution in [0.2, 0.25) is 0 Å². The van der Waals surface area contributed by atoms with Crippen LogP contribution in [0.3, 0.4) is 0 Å². The molecule has 1 aliphatic rings. The summed E-state index contributed by atoms with van der Waals surface area (Å²) in [5.41, 5.74) is 2.00. The molecule has 0 unspecified atom stereocenters. The molecule has 2 rings (SSSR count). The first-order valence-electron chi connectivity index (χ1n) is 6.21. The average Bonchev–Trinajstić information content (AvgIpc) is 2.65. The van der Waals surface area contributed by atoms with Crippen molar-refractivity contribution in [3.8, 4) is 0 Å². The van der Waals surface area contributed by atoms with Gasteiger partial charge in [0.15, 0.2) is 0 Å². The van der Waals surface area contributed by atoms with Crippen molar-refractivity contribution < 1.29 is 9.32 Å². The number of halogens is 1. The number of aryl methyl sites for hydroxylation is 2. The molecule has 0 bridgehead atoms. The van der Waals surface area contributed by atoms with Crippen LogP contribution in [0.4, 0.5) is 0 Å². The van der Waals surface area contributed by atoms with Crippen LogP contribution in [-0.4, -0.2) is 24.2 Å². The SMILES string of the molecule is CCc1noc(CC)c1CNC(=O)C1CNC1.Cl. The van der Waals surface area contributed by atoms with Gasteiger partial charge in [0.2, 0.25) is 5.91 Å². The van der Waals surface area contributed by atoms with Crippen LogP contribution in [-0.2, 0) is 24.2 Å². The number of hydrogen-bond donors (Lipinski definition) is 2. The van der Waals surface area contributed by atoms with Crippen LogP contribution in [0.5, 0.6) is 0 Å². The minimum Gasteiger partial charge on any atom is -0.361 e. The summed E-state index contributed by atoms with van der Waals surface area (Å²) in [4.78, 5) is 11.7. The van der Waals surface area contributed by atoms with Crippen molar-refractivity contribution in [3.05, 3.63) is 17.0 Å². The first-order valence-corrected chi connectivity index (χ1v) is 6.21. The van der Waals surface area contributed by atoms with E-state index in [1.54, 1.807) is 0 Å². The number of hydrogen-bond acceptors (Lipinski definition) is 4. The zero-order chi connectivity index (χ0) is 12.3. The maximum atomic E-state index is 11.7. The van der Waals surface area contributed by atoms with E-state index in [2.05, 4.69) is 15.8 Å². The second kappa shape index (κ2) is 6.75. The van der Waals surface area contributed by atoms with Crippen LogP contribution in [0.15, 0.2) is 4.52 Å². The number of carbonyl (C=O) groups excluding carboxylic acids is 1. The van der Waals surface area contributed by atoms with E-state index in [9.17, 15) is 4.79 Å². The Balaban J connectivity index is 0.00000162. The largest absolute Gasteiger partial charge is 0.361 e. The van der Waals surface area contributed by atoms with E-state index in [4.69, 9.17) is 4.52 Å². The number of carbonyl (C=O) groups is 1. The molecule has 0 aliphatic carbocycles. The number of nitrogens with zero attached hydrogens (tertiary/aromatic N) is 1. The zero-order valence-corrected chi connectivity index (χ0v) is 11.6. The second-order valence-corrected chi connectivity index (χ2v) is 4.31. The predicted octanol–water partition coefficient (Wildman–Crippen LogP) is 1.06. The lowest BCUT2D eigenvalue weighted by molar-refractivity contribution is -0.126. The lowest BCUT2D eigenvalue weighted by Crippen LogP contribution is -2.50. The normalized spacial score (nSPS) is 14.8. The topological polar surface area (TPSA) is 67.2 Å². The molecule has 1 aliphatic heterocycles. The Morgan fingerprint density at radius 3 is 2.67 bits per heavy atom. The van der Waals surface area contributed by atoms with Crippen molar-refractivity contribution >= 4 is 18.3 Å². The summed E-state index contributed by atoms with van der Waals surface area (Å²) in [5, 5.41) is 10.1. The van der Waals surface area contributed by atoms with Crippen LogP contribution in [0.25, 0.3) is 0 Å². The van der Waals surface area contributed by atoms with Gasteiger partial charge in [-0.2, -0.15) is 0 Å². The van der Waals surface area contributed by atoms with Gasteiger partial charge in [0.05, 0.1) is 11.6 Å². The van der Waals surface area contributed by atoms with E-state index in [1.807, 2.05) is 13.8 Å². The molecule has 18 heavy (non-hydrogen) atoms. The number of nitrogens with one attached hydrogen (secondary N) is 2. The van der Waals surface area contributed by atoms with E-state index in [-0.39, 0.29) is 24.2 Å². The minimum absolute atomic E-state index is 0. The molecular weight excluding hydrogens is 254 g/mol. The fraction of sp³-hybridized carbons (Fsp3) is 0.667. The Kier molecular flexibility index (Phi) is 5.62. The molecule has 2 heterocycles. The lowest BCUT2D eigenvalue weighted by Gasteiger charge is -2.25. The molecule has 0 radical (unpaired) electrons. The molecule has 2 N–H and O–H groups in total. The smallest absolute Gasteiger partial charge is 0.225 e. The molecule has 1 saturated heterocycles. The Labute approximate surface area is 113 Å². The molecule has 1 fully saturated rings. The highest BCUT2D eigenvalue weighted by atomic mass is 35.5. The van der Waals surface area contributed by atoms with E-state index in [1.165, 1.54) is 0 Å². The van der Waals surface area contributed by atoms with Gasteiger partial charge in [0.1, 0.15) is 5.76 Å². The van der Waals surface area contributed by atoms with Gasteiger partial charge < -0.3 is 15.2 Å². The molecular formula is C12H20ClN3O2. The third-order valence-electron chi connectivity index (χ3n) is 3.20. The minimum atomic E-state index is 0. The van der Waals surface area contributed by atoms with Crippen LogP contribution >= 0.6 is 12.4 Å². The van der Waals surface area contributed by atoms with Crippen molar-refractivity contribution in [1.29, 1.82) is 0 Å². The molecule has 102 valence electrons. The maximum Gasteiger partial charge on any atom is 0.225 e. The third-order valence-corrected chi connectivity index (χ3v) is 3.20. The van der Waals surface area contributed by atoms with Gasteiger partial charge in [0, 0.05) is 31.6 Å². The maximum absolute atomic E-state index is 11.7. The summed E-state index contributed by atoms with van der Waals surface area (Å²) >= 11 is 0. The van der Waals surface area contributed by atoms with Gasteiger partial charge in [-0.25, -0.2) is 0 Å². The fourth-order valence-electron chi connectivity index (χ4n) is 1.93. The standard InChI is InChI=1S/C12H19N3O2.ClH/c1-3-10-9(11(4-2)17-15-10)7-14-12(16)8-5-13-6-8;/h8,13H,3-7H2,1-2H3,(H,14,16);1H. The fourth-order valence-corrected chi connectivity index (χ4v) is 1.93. The average molecular weight is 274 g/mol. The van der Waals surface area contributed by atoms with Gasteiger partial charge in [-0.05, 0) is 6.42 Å². The molecule has 0 atom stereocenters. The Morgan fingerprint density at radius 2 is 2.17 bits per heavy atom. The van der Waals surface area contributed by atoms with Gasteiger partial charge in [-0.1, -0.05) is 19.0 Å². The highest BCUT2D eigenvalue weighted by molar-refractivity contribution is 5.85. The summed E-state index contributed by atoms with van der Waals surface area (Å²) < 4.78 is 5.26. The van der Waals surface area contributed by atoms with E-state index < -0.39 is 0 Å². The summed E-state index contributed by atoms with van der Waals surface area (Å²) in [5.74, 6) is 1.13. The number of amides is 1. The van der Waals surface area contributed by atoms with Crippen molar-refractivity contribution in [1.82, 2.24) is 15.8 Å². The molecule has 6 heteroatoms. The quantitative estimate of drug-likeness (QED) is 0.842. The van der Waals surface area contributed by atoms with Gasteiger partial charge >= 0.3 is 0 Å². The lowest BCUT2D eigenvalue weighted by atomic mass is 10.0. The van der Waals surface area contributed by atoms with Crippen molar-refractivity contribution in [2.24, 2.45) is 5.92 Å². The molecule has 5 nitrogen and oxygen atoms in total. The molecule has 0 spiro atoms. The van der Waals surface area contributed by atoms with Crippen LogP contribution < -0.4 is 10.6 Å². The Bertz CT molecular complexity index is 381. The molecule has 0 aromatic carbocycles. The molecule has 1 amide bonds.